The van der Waals surface area contributed by atoms with E-state index in [9.17, 15) is 0 Å². The third-order valence-corrected chi connectivity index (χ3v) is 4.71. The molecule has 0 bridgehead atoms. The summed E-state index contributed by atoms with van der Waals surface area (Å²) in [5.74, 6) is 0.713. The standard InChI is InChI=1S/C10H7N7S3/c1-4-18-8(11-1)7-14-17(10-13-3-6-20-10)15-16(7)9-12-2-5-19-9/h1-6,15H. The Balaban J connectivity index is 1.75. The van der Waals surface area contributed by atoms with Gasteiger partial charge in [0.25, 0.3) is 0 Å². The zero-order chi connectivity index (χ0) is 13.4. The molecule has 0 spiro atoms. The first-order chi connectivity index (χ1) is 9.92. The molecule has 0 saturated heterocycles. The summed E-state index contributed by atoms with van der Waals surface area (Å²) in [5.41, 5.74) is 3.16. The monoisotopic (exact) mass is 321 g/mol. The second-order valence-corrected chi connectivity index (χ2v) is 6.28. The van der Waals surface area contributed by atoms with Gasteiger partial charge in [0.15, 0.2) is 5.01 Å². The number of nitrogens with zero attached hydrogens (tertiary/aromatic N) is 6. The molecule has 0 saturated carbocycles. The van der Waals surface area contributed by atoms with Crippen molar-refractivity contribution in [3.05, 3.63) is 39.7 Å². The zero-order valence-corrected chi connectivity index (χ0v) is 12.3. The molecule has 0 unspecified atom stereocenters. The van der Waals surface area contributed by atoms with Crippen LogP contribution in [0.4, 0.5) is 10.3 Å². The van der Waals surface area contributed by atoms with Gasteiger partial charge < -0.3 is 0 Å². The van der Waals surface area contributed by atoms with Crippen molar-refractivity contribution in [2.75, 3.05) is 10.1 Å². The Hall–Kier alpha value is -1.88. The molecule has 4 heterocycles. The SMILES string of the molecule is c1csc(C2=NN(c3nccs3)NN2c2nccs2)n1. The van der Waals surface area contributed by atoms with Crippen molar-refractivity contribution in [1.82, 2.24) is 20.5 Å². The first-order valence-corrected chi connectivity index (χ1v) is 8.20. The predicted molar refractivity (Wildman–Crippen MR) is 81.0 cm³/mol. The highest BCUT2D eigenvalue weighted by molar-refractivity contribution is 7.14. The van der Waals surface area contributed by atoms with Crippen molar-refractivity contribution >= 4 is 50.1 Å². The Morgan fingerprint density at radius 2 is 1.55 bits per heavy atom. The van der Waals surface area contributed by atoms with Crippen molar-refractivity contribution < 1.29 is 0 Å². The van der Waals surface area contributed by atoms with E-state index in [0.29, 0.717) is 5.84 Å². The molecule has 0 atom stereocenters. The number of aromatic nitrogens is 3. The summed E-state index contributed by atoms with van der Waals surface area (Å²) in [4.78, 5) is 12.9. The minimum absolute atomic E-state index is 0.713. The summed E-state index contributed by atoms with van der Waals surface area (Å²) in [7, 11) is 0. The molecule has 3 aromatic rings. The van der Waals surface area contributed by atoms with Crippen LogP contribution in [0.2, 0.25) is 0 Å². The molecule has 0 fully saturated rings. The van der Waals surface area contributed by atoms with Crippen LogP contribution in [-0.2, 0) is 0 Å². The molecule has 0 amide bonds. The van der Waals surface area contributed by atoms with Gasteiger partial charge in [0.05, 0.1) is 0 Å². The normalized spacial score (nSPS) is 14.9. The second kappa shape index (κ2) is 4.90. The van der Waals surface area contributed by atoms with Crippen molar-refractivity contribution in [2.45, 2.75) is 0 Å². The zero-order valence-electron chi connectivity index (χ0n) is 9.87. The first kappa shape index (κ1) is 11.9. The average molecular weight is 321 g/mol. The maximum absolute atomic E-state index is 4.54. The largest absolute Gasteiger partial charge is 0.241 e. The van der Waals surface area contributed by atoms with E-state index in [2.05, 4.69) is 25.6 Å². The molecule has 3 aromatic heterocycles. The fourth-order valence-electron chi connectivity index (χ4n) is 1.64. The fraction of sp³-hybridized carbons (Fsp3) is 0. The minimum atomic E-state index is 0.713. The van der Waals surface area contributed by atoms with Gasteiger partial charge in [-0.3, -0.25) is 0 Å². The van der Waals surface area contributed by atoms with E-state index < -0.39 is 0 Å². The quantitative estimate of drug-likeness (QED) is 0.797. The lowest BCUT2D eigenvalue weighted by atomic mass is 10.6. The smallest absolute Gasteiger partial charge is 0.223 e. The summed E-state index contributed by atoms with van der Waals surface area (Å²) in [6, 6.07) is 0. The third-order valence-electron chi connectivity index (χ3n) is 2.44. The van der Waals surface area contributed by atoms with Crippen molar-refractivity contribution in [1.29, 1.82) is 0 Å². The Morgan fingerprint density at radius 1 is 0.850 bits per heavy atom. The van der Waals surface area contributed by atoms with E-state index >= 15 is 0 Å². The molecule has 0 aliphatic carbocycles. The fourth-order valence-corrected chi connectivity index (χ4v) is 3.40. The van der Waals surface area contributed by atoms with E-state index in [-0.39, 0.29) is 0 Å². The van der Waals surface area contributed by atoms with Gasteiger partial charge in [-0.25, -0.2) is 20.0 Å². The Labute approximate surface area is 125 Å². The summed E-state index contributed by atoms with van der Waals surface area (Å²) < 4.78 is 0. The van der Waals surface area contributed by atoms with Crippen LogP contribution in [0, 0.1) is 0 Å². The van der Waals surface area contributed by atoms with E-state index in [1.165, 1.54) is 34.0 Å². The summed E-state index contributed by atoms with van der Waals surface area (Å²) in [6.07, 6.45) is 5.26. The highest BCUT2D eigenvalue weighted by Gasteiger charge is 2.30. The molecule has 1 aliphatic heterocycles. The Bertz CT molecular complexity index is 704. The maximum Gasteiger partial charge on any atom is 0.223 e. The van der Waals surface area contributed by atoms with Crippen LogP contribution >= 0.6 is 34.0 Å². The molecule has 0 radical (unpaired) electrons. The number of hydrogen-bond acceptors (Lipinski definition) is 10. The van der Waals surface area contributed by atoms with Gasteiger partial charge in [-0.15, -0.1) is 49.8 Å². The lowest BCUT2D eigenvalue weighted by molar-refractivity contribution is 0.714. The van der Waals surface area contributed by atoms with Crippen molar-refractivity contribution in [3.8, 4) is 0 Å². The first-order valence-electron chi connectivity index (χ1n) is 5.56. The Morgan fingerprint density at radius 3 is 2.20 bits per heavy atom. The van der Waals surface area contributed by atoms with Gasteiger partial charge in [0, 0.05) is 34.7 Å². The van der Waals surface area contributed by atoms with E-state index in [1.54, 1.807) is 23.7 Å². The van der Waals surface area contributed by atoms with Crippen molar-refractivity contribution in [3.63, 3.8) is 0 Å². The van der Waals surface area contributed by atoms with Crippen LogP contribution in [0.1, 0.15) is 5.01 Å². The van der Waals surface area contributed by atoms with Gasteiger partial charge in [-0.2, -0.15) is 0 Å². The molecule has 1 N–H and O–H groups in total. The maximum atomic E-state index is 4.54. The number of hydrogen-bond donors (Lipinski definition) is 1. The minimum Gasteiger partial charge on any atom is -0.241 e. The molecule has 100 valence electrons. The summed E-state index contributed by atoms with van der Waals surface area (Å²) in [6.45, 7) is 0. The molecule has 20 heavy (non-hydrogen) atoms. The van der Waals surface area contributed by atoms with Crippen LogP contribution in [0.5, 0.6) is 0 Å². The molecule has 10 heteroatoms. The second-order valence-electron chi connectivity index (χ2n) is 3.64. The predicted octanol–water partition coefficient (Wildman–Crippen LogP) is 2.16. The van der Waals surface area contributed by atoms with Gasteiger partial charge in [-0.05, 0) is 0 Å². The molecular formula is C10H7N7S3. The summed E-state index contributed by atoms with van der Waals surface area (Å²) >= 11 is 4.56. The van der Waals surface area contributed by atoms with E-state index in [1.807, 2.05) is 21.1 Å². The number of hydrazone groups is 1. The van der Waals surface area contributed by atoms with Crippen LogP contribution in [0.15, 0.2) is 39.8 Å². The van der Waals surface area contributed by atoms with Crippen LogP contribution < -0.4 is 15.7 Å². The molecular weight excluding hydrogens is 314 g/mol. The van der Waals surface area contributed by atoms with Crippen LogP contribution in [-0.4, -0.2) is 20.8 Å². The lowest BCUT2D eigenvalue weighted by Gasteiger charge is -2.16. The molecule has 0 aromatic carbocycles. The van der Waals surface area contributed by atoms with Crippen LogP contribution in [0.25, 0.3) is 0 Å². The summed E-state index contributed by atoms with van der Waals surface area (Å²) in [5, 5.41) is 16.1. The number of nitrogens with one attached hydrogen (secondary N) is 1. The van der Waals surface area contributed by atoms with Gasteiger partial charge in [0.1, 0.15) is 0 Å². The number of amidine groups is 1. The van der Waals surface area contributed by atoms with E-state index in [4.69, 9.17) is 0 Å². The highest BCUT2D eigenvalue weighted by atomic mass is 32.1. The third kappa shape index (κ3) is 1.98. The lowest BCUT2D eigenvalue weighted by Crippen LogP contribution is -2.43. The Kier molecular flexibility index (Phi) is 2.92. The number of thiazole rings is 3. The molecule has 1 aliphatic rings. The number of hydrazine groups is 2. The highest BCUT2D eigenvalue weighted by Crippen LogP contribution is 2.26. The number of anilines is 2. The topological polar surface area (TPSA) is 69.5 Å². The van der Waals surface area contributed by atoms with Gasteiger partial charge in [0.2, 0.25) is 16.1 Å². The van der Waals surface area contributed by atoms with Crippen LogP contribution in [0.3, 0.4) is 0 Å². The van der Waals surface area contributed by atoms with Gasteiger partial charge in [-0.1, -0.05) is 0 Å². The molecule has 4 rings (SSSR count). The van der Waals surface area contributed by atoms with E-state index in [0.717, 1.165) is 15.3 Å². The van der Waals surface area contributed by atoms with Gasteiger partial charge >= 0.3 is 0 Å². The average Bonchev–Trinajstić information content (AvgIpc) is 3.22. The number of rotatable bonds is 3. The molecule has 7 nitrogen and oxygen atoms in total. The van der Waals surface area contributed by atoms with Crippen molar-refractivity contribution in [2.24, 2.45) is 5.10 Å².